The summed E-state index contributed by atoms with van der Waals surface area (Å²) < 4.78 is 51.6. The summed E-state index contributed by atoms with van der Waals surface area (Å²) in [4.78, 5) is 0. The van der Waals surface area contributed by atoms with Crippen LogP contribution in [0, 0.1) is 0 Å². The van der Waals surface area contributed by atoms with Crippen LogP contribution in [0.15, 0.2) is 37.0 Å². The first-order valence-corrected chi connectivity index (χ1v) is 12.9. The van der Waals surface area contributed by atoms with E-state index in [1.807, 2.05) is 66.7 Å². The normalized spacial score (nSPS) is 16.4. The van der Waals surface area contributed by atoms with Crippen LogP contribution in [0.25, 0.3) is 0 Å². The molecule has 9 heteroatoms. The molecule has 0 radical (unpaired) electrons. The minimum Gasteiger partial charge on any atom is -0.499 e. The van der Waals surface area contributed by atoms with Crippen LogP contribution < -0.4 is 0 Å². The van der Waals surface area contributed by atoms with Gasteiger partial charge in [0.25, 0.3) is 5.97 Å². The zero-order valence-corrected chi connectivity index (χ0v) is 23.4. The summed E-state index contributed by atoms with van der Waals surface area (Å²) in [6, 6.07) is 0. The third kappa shape index (κ3) is 19.6. The van der Waals surface area contributed by atoms with Crippen LogP contribution >= 0.6 is 0 Å². The molecule has 9 nitrogen and oxygen atoms in total. The van der Waals surface area contributed by atoms with E-state index >= 15 is 0 Å². The third-order valence-electron chi connectivity index (χ3n) is 4.55. The molecular formula is C27H50O9. The van der Waals surface area contributed by atoms with E-state index in [-0.39, 0.29) is 38.1 Å². The van der Waals surface area contributed by atoms with E-state index in [0.717, 1.165) is 0 Å². The lowest BCUT2D eigenvalue weighted by molar-refractivity contribution is -0.393. The van der Waals surface area contributed by atoms with Crippen molar-refractivity contribution < 1.29 is 42.6 Å². The van der Waals surface area contributed by atoms with E-state index in [1.54, 1.807) is 18.8 Å². The Kier molecular flexibility index (Phi) is 22.7. The largest absolute Gasteiger partial charge is 0.499 e. The molecule has 0 fully saturated rings. The van der Waals surface area contributed by atoms with Gasteiger partial charge >= 0.3 is 0 Å². The van der Waals surface area contributed by atoms with E-state index < -0.39 is 5.97 Å². The van der Waals surface area contributed by atoms with Crippen LogP contribution in [0.3, 0.4) is 0 Å². The Bertz CT molecular complexity index is 491. The Labute approximate surface area is 218 Å². The van der Waals surface area contributed by atoms with Crippen LogP contribution in [-0.4, -0.2) is 83.7 Å². The Morgan fingerprint density at radius 1 is 0.528 bits per heavy atom. The van der Waals surface area contributed by atoms with Crippen molar-refractivity contribution >= 4 is 0 Å². The molecule has 0 amide bonds. The molecule has 3 unspecified atom stereocenters. The first-order valence-electron chi connectivity index (χ1n) is 12.9. The summed E-state index contributed by atoms with van der Waals surface area (Å²) in [5, 5.41) is 0. The fourth-order valence-electron chi connectivity index (χ4n) is 2.69. The van der Waals surface area contributed by atoms with Crippen LogP contribution in [-0.2, 0) is 42.6 Å². The zero-order chi connectivity index (χ0) is 26.9. The second-order valence-corrected chi connectivity index (χ2v) is 8.03. The maximum absolute atomic E-state index is 6.13. The first-order chi connectivity index (χ1) is 17.4. The van der Waals surface area contributed by atoms with Crippen molar-refractivity contribution in [3.8, 4) is 0 Å². The van der Waals surface area contributed by atoms with Gasteiger partial charge in [0.15, 0.2) is 0 Å². The Balaban J connectivity index is 4.79. The molecule has 0 N–H and O–H groups in total. The Morgan fingerprint density at radius 2 is 0.833 bits per heavy atom. The van der Waals surface area contributed by atoms with Gasteiger partial charge in [0.1, 0.15) is 19.8 Å². The van der Waals surface area contributed by atoms with Gasteiger partial charge in [-0.25, -0.2) is 0 Å². The predicted molar refractivity (Wildman–Crippen MR) is 139 cm³/mol. The van der Waals surface area contributed by atoms with Crippen molar-refractivity contribution in [1.82, 2.24) is 0 Å². The molecule has 0 aromatic heterocycles. The van der Waals surface area contributed by atoms with Gasteiger partial charge < -0.3 is 42.6 Å². The van der Waals surface area contributed by atoms with Crippen molar-refractivity contribution in [3.63, 3.8) is 0 Å². The molecular weight excluding hydrogens is 468 g/mol. The van der Waals surface area contributed by atoms with E-state index in [0.29, 0.717) is 46.1 Å². The highest BCUT2D eigenvalue weighted by atomic mass is 16.9. The van der Waals surface area contributed by atoms with Crippen LogP contribution in [0.5, 0.6) is 0 Å². The lowest BCUT2D eigenvalue weighted by Gasteiger charge is -2.35. The fourth-order valence-corrected chi connectivity index (χ4v) is 2.69. The fraction of sp³-hybridized carbons (Fsp3) is 0.778. The maximum Gasteiger partial charge on any atom is 0.282 e. The number of ether oxygens (including phenoxy) is 9. The highest BCUT2D eigenvalue weighted by Crippen LogP contribution is 2.22. The van der Waals surface area contributed by atoms with Crippen molar-refractivity contribution in [2.45, 2.75) is 79.2 Å². The smallest absolute Gasteiger partial charge is 0.282 e. The summed E-state index contributed by atoms with van der Waals surface area (Å²) in [5.74, 6) is -1.25. The molecule has 0 aliphatic carbocycles. The highest BCUT2D eigenvalue weighted by molar-refractivity contribution is 4.67. The van der Waals surface area contributed by atoms with Crippen molar-refractivity contribution in [1.29, 1.82) is 0 Å². The highest BCUT2D eigenvalue weighted by Gasteiger charge is 2.34. The van der Waals surface area contributed by atoms with Gasteiger partial charge in [-0.3, -0.25) is 0 Å². The van der Waals surface area contributed by atoms with Crippen LogP contribution in [0.2, 0.25) is 0 Å². The number of hydrogen-bond donors (Lipinski definition) is 0. The average Bonchev–Trinajstić information content (AvgIpc) is 2.88. The zero-order valence-electron chi connectivity index (χ0n) is 23.4. The molecule has 0 rings (SSSR count). The first kappa shape index (κ1) is 34.4. The summed E-state index contributed by atoms with van der Waals surface area (Å²) >= 11 is 0. The van der Waals surface area contributed by atoms with E-state index in [9.17, 15) is 0 Å². The molecule has 212 valence electrons. The molecule has 0 aliphatic rings. The van der Waals surface area contributed by atoms with Gasteiger partial charge in [0, 0.05) is 6.42 Å². The topological polar surface area (TPSA) is 83.1 Å². The van der Waals surface area contributed by atoms with E-state index in [2.05, 4.69) is 0 Å². The average molecular weight is 519 g/mol. The minimum absolute atomic E-state index is 0.174. The predicted octanol–water partition coefficient (Wildman–Crippen LogP) is 4.97. The van der Waals surface area contributed by atoms with Gasteiger partial charge in [-0.1, -0.05) is 25.2 Å². The summed E-state index contributed by atoms with van der Waals surface area (Å²) in [6.07, 6.45) is 10.4. The molecule has 36 heavy (non-hydrogen) atoms. The SMILES string of the molecule is CC=COCCOC(C)COC(CC)(OCC(C)OCCOC=CC)OCC(C)OCCOC=CC. The second kappa shape index (κ2) is 23.8. The summed E-state index contributed by atoms with van der Waals surface area (Å²) in [6.45, 7) is 17.1. The molecule has 0 saturated carbocycles. The molecule has 0 aromatic rings. The molecule has 3 atom stereocenters. The summed E-state index contributed by atoms with van der Waals surface area (Å²) in [5.41, 5.74) is 0. The number of hydrogen-bond acceptors (Lipinski definition) is 9. The monoisotopic (exact) mass is 518 g/mol. The number of allylic oxidation sites excluding steroid dienone is 3. The number of rotatable bonds is 25. The molecule has 0 spiro atoms. The Hall–Kier alpha value is -1.62. The van der Waals surface area contributed by atoms with Gasteiger partial charge in [-0.2, -0.15) is 0 Å². The second-order valence-electron chi connectivity index (χ2n) is 8.03. The van der Waals surface area contributed by atoms with E-state index in [4.69, 9.17) is 42.6 Å². The van der Waals surface area contributed by atoms with Crippen LogP contribution in [0.4, 0.5) is 0 Å². The molecule has 0 aliphatic heterocycles. The van der Waals surface area contributed by atoms with Crippen molar-refractivity contribution in [2.24, 2.45) is 0 Å². The van der Waals surface area contributed by atoms with Gasteiger partial charge in [0.2, 0.25) is 0 Å². The van der Waals surface area contributed by atoms with Gasteiger partial charge in [0.05, 0.1) is 76.7 Å². The lowest BCUT2D eigenvalue weighted by atomic mass is 10.3. The van der Waals surface area contributed by atoms with Gasteiger partial charge in [-0.05, 0) is 41.5 Å². The Morgan fingerprint density at radius 3 is 1.08 bits per heavy atom. The van der Waals surface area contributed by atoms with Crippen molar-refractivity contribution in [2.75, 3.05) is 59.5 Å². The molecule has 0 bridgehead atoms. The molecule has 0 aromatic carbocycles. The van der Waals surface area contributed by atoms with Crippen molar-refractivity contribution in [3.05, 3.63) is 37.0 Å². The minimum atomic E-state index is -1.25. The summed E-state index contributed by atoms with van der Waals surface area (Å²) in [7, 11) is 0. The third-order valence-corrected chi connectivity index (χ3v) is 4.55. The van der Waals surface area contributed by atoms with E-state index in [1.165, 1.54) is 0 Å². The standard InChI is InChI=1S/C27H50O9/c1-8-12-28-15-18-31-24(5)21-34-27(11-4,35-22-25(6)32-19-16-29-13-9-2)36-23-26(7)33-20-17-30-14-10-3/h8-10,12-14,24-26H,11,15-23H2,1-7H3. The lowest BCUT2D eigenvalue weighted by Crippen LogP contribution is -2.44. The van der Waals surface area contributed by atoms with Crippen LogP contribution in [0.1, 0.15) is 54.9 Å². The molecule has 0 heterocycles. The quantitative estimate of drug-likeness (QED) is 0.0945. The van der Waals surface area contributed by atoms with Gasteiger partial charge in [-0.15, -0.1) is 0 Å². The molecule has 0 saturated heterocycles. The maximum atomic E-state index is 6.13.